The van der Waals surface area contributed by atoms with Crippen molar-refractivity contribution in [3.63, 3.8) is 0 Å². The summed E-state index contributed by atoms with van der Waals surface area (Å²) in [5, 5.41) is 3.54. The first kappa shape index (κ1) is 13.2. The fourth-order valence-corrected chi connectivity index (χ4v) is 2.12. The van der Waals surface area contributed by atoms with Crippen LogP contribution in [0.4, 0.5) is 0 Å². The van der Waals surface area contributed by atoms with Crippen molar-refractivity contribution in [2.75, 3.05) is 6.61 Å². The summed E-state index contributed by atoms with van der Waals surface area (Å²) < 4.78 is 4.91. The molecule has 0 amide bonds. The summed E-state index contributed by atoms with van der Waals surface area (Å²) in [6, 6.07) is 1.15. The molecule has 0 aliphatic heterocycles. The first-order valence-electron chi connectivity index (χ1n) is 6.24. The summed E-state index contributed by atoms with van der Waals surface area (Å²) in [5.41, 5.74) is 1.24. The first-order chi connectivity index (χ1) is 7.61. The van der Waals surface area contributed by atoms with Gasteiger partial charge in [-0.25, -0.2) is 4.79 Å². The number of allylic oxidation sites excluding steroid dienone is 1. The van der Waals surface area contributed by atoms with Gasteiger partial charge in [-0.2, -0.15) is 0 Å². The highest BCUT2D eigenvalue weighted by Crippen LogP contribution is 2.23. The molecule has 3 heteroatoms. The van der Waals surface area contributed by atoms with E-state index in [-0.39, 0.29) is 5.97 Å². The van der Waals surface area contributed by atoms with Gasteiger partial charge >= 0.3 is 5.97 Å². The van der Waals surface area contributed by atoms with Gasteiger partial charge in [-0.15, -0.1) is 0 Å². The van der Waals surface area contributed by atoms with Crippen LogP contribution in [-0.2, 0) is 9.53 Å². The predicted octanol–water partition coefficient (Wildman–Crippen LogP) is 2.42. The molecule has 0 spiro atoms. The second-order valence-electron chi connectivity index (χ2n) is 4.65. The van der Waals surface area contributed by atoms with Crippen molar-refractivity contribution in [1.82, 2.24) is 5.32 Å². The van der Waals surface area contributed by atoms with Crippen molar-refractivity contribution in [2.24, 2.45) is 0 Å². The Labute approximate surface area is 98.2 Å². The highest BCUT2D eigenvalue weighted by molar-refractivity contribution is 5.82. The number of rotatable bonds is 4. The molecule has 0 unspecified atom stereocenters. The van der Waals surface area contributed by atoms with Crippen molar-refractivity contribution >= 4 is 5.97 Å². The van der Waals surface area contributed by atoms with Crippen molar-refractivity contribution < 1.29 is 9.53 Å². The van der Waals surface area contributed by atoms with Crippen molar-refractivity contribution in [2.45, 2.75) is 58.5 Å². The van der Waals surface area contributed by atoms with Gasteiger partial charge in [-0.3, -0.25) is 0 Å². The van der Waals surface area contributed by atoms with E-state index in [4.69, 9.17) is 4.74 Å². The van der Waals surface area contributed by atoms with Crippen LogP contribution in [0.15, 0.2) is 11.6 Å². The summed E-state index contributed by atoms with van der Waals surface area (Å²) in [4.78, 5) is 11.3. The Morgan fingerprint density at radius 1 is 1.50 bits per heavy atom. The summed E-state index contributed by atoms with van der Waals surface area (Å²) in [6.45, 7) is 6.63. The van der Waals surface area contributed by atoms with Gasteiger partial charge in [0.1, 0.15) is 0 Å². The van der Waals surface area contributed by atoms with Crippen LogP contribution in [0, 0.1) is 0 Å². The molecule has 1 rings (SSSR count). The van der Waals surface area contributed by atoms with Gasteiger partial charge < -0.3 is 10.1 Å². The molecule has 92 valence electrons. The maximum Gasteiger partial charge on any atom is 0.330 e. The molecule has 3 nitrogen and oxygen atoms in total. The number of ether oxygens (including phenoxy) is 1. The standard InChI is InChI=1S/C13H23NO2/c1-4-16-13(15)9-11-5-7-12(8-6-11)14-10(2)3/h9-10,12,14H,4-8H2,1-3H3. The SMILES string of the molecule is CCOC(=O)C=C1CCC(NC(C)C)CC1. The molecule has 0 bridgehead atoms. The lowest BCUT2D eigenvalue weighted by atomic mass is 9.90. The van der Waals surface area contributed by atoms with E-state index in [1.807, 2.05) is 6.92 Å². The summed E-state index contributed by atoms with van der Waals surface area (Å²) in [6.07, 6.45) is 5.97. The molecule has 1 saturated carbocycles. The van der Waals surface area contributed by atoms with Crippen LogP contribution in [0.3, 0.4) is 0 Å². The predicted molar refractivity (Wildman–Crippen MR) is 65.2 cm³/mol. The molecule has 0 aromatic heterocycles. The van der Waals surface area contributed by atoms with Crippen LogP contribution >= 0.6 is 0 Å². The summed E-state index contributed by atoms with van der Waals surface area (Å²) in [5.74, 6) is -0.187. The third kappa shape index (κ3) is 4.79. The van der Waals surface area contributed by atoms with Crippen LogP contribution in [0.1, 0.15) is 46.5 Å². The molecule has 1 fully saturated rings. The largest absolute Gasteiger partial charge is 0.463 e. The maximum absolute atomic E-state index is 11.3. The van der Waals surface area contributed by atoms with Crippen LogP contribution in [-0.4, -0.2) is 24.7 Å². The van der Waals surface area contributed by atoms with Crippen molar-refractivity contribution in [1.29, 1.82) is 0 Å². The van der Waals surface area contributed by atoms with Crippen LogP contribution in [0.2, 0.25) is 0 Å². The maximum atomic E-state index is 11.3. The minimum Gasteiger partial charge on any atom is -0.463 e. The Morgan fingerprint density at radius 3 is 2.62 bits per heavy atom. The minimum atomic E-state index is -0.187. The zero-order valence-corrected chi connectivity index (χ0v) is 10.6. The number of nitrogens with one attached hydrogen (secondary N) is 1. The molecule has 0 atom stereocenters. The molecular formula is C13H23NO2. The second kappa shape index (κ2) is 6.69. The Kier molecular flexibility index (Phi) is 5.53. The van der Waals surface area contributed by atoms with E-state index in [0.29, 0.717) is 18.7 Å². The van der Waals surface area contributed by atoms with E-state index >= 15 is 0 Å². The fraction of sp³-hybridized carbons (Fsp3) is 0.769. The van der Waals surface area contributed by atoms with E-state index in [1.165, 1.54) is 5.57 Å². The van der Waals surface area contributed by atoms with Gasteiger partial charge in [0, 0.05) is 18.2 Å². The zero-order chi connectivity index (χ0) is 12.0. The minimum absolute atomic E-state index is 0.187. The summed E-state index contributed by atoms with van der Waals surface area (Å²) in [7, 11) is 0. The number of hydrogen-bond acceptors (Lipinski definition) is 3. The molecule has 0 heterocycles. The third-order valence-electron chi connectivity index (χ3n) is 2.81. The van der Waals surface area contributed by atoms with Crippen LogP contribution in [0.5, 0.6) is 0 Å². The van der Waals surface area contributed by atoms with E-state index in [9.17, 15) is 4.79 Å². The molecule has 0 saturated heterocycles. The molecule has 0 radical (unpaired) electrons. The van der Waals surface area contributed by atoms with Crippen LogP contribution < -0.4 is 5.32 Å². The van der Waals surface area contributed by atoms with Crippen molar-refractivity contribution in [3.8, 4) is 0 Å². The first-order valence-corrected chi connectivity index (χ1v) is 6.24. The van der Waals surface area contributed by atoms with E-state index in [2.05, 4.69) is 19.2 Å². The Bertz CT molecular complexity index is 249. The van der Waals surface area contributed by atoms with Gasteiger partial charge in [0.15, 0.2) is 0 Å². The van der Waals surface area contributed by atoms with Gasteiger partial charge in [0.2, 0.25) is 0 Å². The third-order valence-corrected chi connectivity index (χ3v) is 2.81. The number of carbonyl (C=O) groups is 1. The molecule has 1 N–H and O–H groups in total. The average Bonchev–Trinajstić information content (AvgIpc) is 2.20. The molecular weight excluding hydrogens is 202 g/mol. The molecule has 0 aromatic rings. The Balaban J connectivity index is 2.33. The molecule has 0 aromatic carbocycles. The van der Waals surface area contributed by atoms with E-state index in [0.717, 1.165) is 25.7 Å². The Hall–Kier alpha value is -0.830. The lowest BCUT2D eigenvalue weighted by Gasteiger charge is -2.26. The van der Waals surface area contributed by atoms with Crippen LogP contribution in [0.25, 0.3) is 0 Å². The molecule has 1 aliphatic carbocycles. The molecule has 16 heavy (non-hydrogen) atoms. The van der Waals surface area contributed by atoms with E-state index in [1.54, 1.807) is 6.08 Å². The van der Waals surface area contributed by atoms with Crippen molar-refractivity contribution in [3.05, 3.63) is 11.6 Å². The highest BCUT2D eigenvalue weighted by atomic mass is 16.5. The Morgan fingerprint density at radius 2 is 2.12 bits per heavy atom. The molecule has 1 aliphatic rings. The summed E-state index contributed by atoms with van der Waals surface area (Å²) >= 11 is 0. The normalized spacial score (nSPS) is 21.0. The topological polar surface area (TPSA) is 38.3 Å². The lowest BCUT2D eigenvalue weighted by molar-refractivity contribution is -0.137. The average molecular weight is 225 g/mol. The van der Waals surface area contributed by atoms with E-state index < -0.39 is 0 Å². The quantitative estimate of drug-likeness (QED) is 0.590. The zero-order valence-electron chi connectivity index (χ0n) is 10.6. The van der Waals surface area contributed by atoms with Gasteiger partial charge in [-0.1, -0.05) is 19.4 Å². The van der Waals surface area contributed by atoms with Gasteiger partial charge in [0.25, 0.3) is 0 Å². The number of esters is 1. The monoisotopic (exact) mass is 225 g/mol. The smallest absolute Gasteiger partial charge is 0.330 e. The highest BCUT2D eigenvalue weighted by Gasteiger charge is 2.17. The lowest BCUT2D eigenvalue weighted by Crippen LogP contribution is -2.36. The van der Waals surface area contributed by atoms with Gasteiger partial charge in [0.05, 0.1) is 6.61 Å². The van der Waals surface area contributed by atoms with Gasteiger partial charge in [-0.05, 0) is 32.6 Å². The number of carbonyl (C=O) groups excluding carboxylic acids is 1. The number of hydrogen-bond donors (Lipinski definition) is 1. The second-order valence-corrected chi connectivity index (χ2v) is 4.65. The fourth-order valence-electron chi connectivity index (χ4n) is 2.12.